The van der Waals surface area contributed by atoms with Crippen LogP contribution in [0.2, 0.25) is 0 Å². The third-order valence-corrected chi connectivity index (χ3v) is 6.97. The van der Waals surface area contributed by atoms with Crippen LogP contribution >= 0.6 is 0 Å². The number of rotatable bonds is 0. The van der Waals surface area contributed by atoms with Crippen LogP contribution in [0.25, 0.3) is 0 Å². The zero-order valence-corrected chi connectivity index (χ0v) is 7.65. The second kappa shape index (κ2) is 1.25. The van der Waals surface area contributed by atoms with Gasteiger partial charge in [-0.05, 0) is 60.2 Å². The Morgan fingerprint density at radius 3 is 1.85 bits per heavy atom. The predicted octanol–water partition coefficient (Wildman–Crippen LogP) is 1.53. The van der Waals surface area contributed by atoms with E-state index in [0.29, 0.717) is 5.60 Å². The second-order valence-corrected chi connectivity index (χ2v) is 6.58. The minimum Gasteiger partial charge on any atom is -0.369 e. The first-order valence-corrected chi connectivity index (χ1v) is 6.06. The summed E-state index contributed by atoms with van der Waals surface area (Å²) >= 11 is 0. The molecule has 1 unspecified atom stereocenters. The van der Waals surface area contributed by atoms with E-state index in [4.69, 9.17) is 4.74 Å². The van der Waals surface area contributed by atoms with Crippen LogP contribution in [0.3, 0.4) is 0 Å². The standard InChI is InChI=1S/C12H14O/c1-4-5-2-7-8(4)10-6(1)9(5)11(7)12(10)3-13-12/h4-11H,1-3H2/t4-,5+,6-,7+,8-,9-,10-,11+,12?/m1/s1. The van der Waals surface area contributed by atoms with E-state index in [0.717, 1.165) is 42.1 Å². The smallest absolute Gasteiger partial charge is 0.0983 e. The Labute approximate surface area is 77.8 Å². The Hall–Kier alpha value is -0.0400. The van der Waals surface area contributed by atoms with Gasteiger partial charge in [0.1, 0.15) is 0 Å². The molecular weight excluding hydrogens is 160 g/mol. The molecule has 1 saturated heterocycles. The summed E-state index contributed by atoms with van der Waals surface area (Å²) in [7, 11) is 0. The van der Waals surface area contributed by atoms with Gasteiger partial charge in [0, 0.05) is 0 Å². The molecule has 0 radical (unpaired) electrons. The van der Waals surface area contributed by atoms with Crippen molar-refractivity contribution < 1.29 is 4.74 Å². The lowest BCUT2D eigenvalue weighted by Gasteiger charge is -2.33. The van der Waals surface area contributed by atoms with Gasteiger partial charge in [0.2, 0.25) is 0 Å². The van der Waals surface area contributed by atoms with Gasteiger partial charge in [-0.15, -0.1) is 0 Å². The van der Waals surface area contributed by atoms with Crippen molar-refractivity contribution >= 4 is 0 Å². The monoisotopic (exact) mass is 174 g/mol. The van der Waals surface area contributed by atoms with Crippen molar-refractivity contribution in [3.8, 4) is 0 Å². The normalized spacial score (nSPS) is 88.6. The molecule has 1 heteroatoms. The molecule has 6 aliphatic carbocycles. The quantitative estimate of drug-likeness (QED) is 0.507. The fraction of sp³-hybridized carbons (Fsp3) is 1.00. The molecule has 68 valence electrons. The van der Waals surface area contributed by atoms with E-state index in [1.807, 2.05) is 0 Å². The molecule has 0 aromatic heterocycles. The summed E-state index contributed by atoms with van der Waals surface area (Å²) in [6.45, 7) is 1.15. The van der Waals surface area contributed by atoms with Crippen molar-refractivity contribution in [2.75, 3.05) is 6.61 Å². The van der Waals surface area contributed by atoms with Crippen molar-refractivity contribution in [3.05, 3.63) is 0 Å². The highest BCUT2D eigenvalue weighted by atomic mass is 16.6. The van der Waals surface area contributed by atoms with Crippen LogP contribution in [-0.4, -0.2) is 12.2 Å². The zero-order chi connectivity index (χ0) is 7.95. The highest BCUT2D eigenvalue weighted by Crippen LogP contribution is 2.87. The SMILES string of the molecule is C1[C@@H]2[C@@H]3C[C@H]4[C@@H]2[C@H]2[C@H]1[C@@H]3[C@H]4C21CO1. The molecule has 1 spiro atoms. The molecule has 0 N–H and O–H groups in total. The van der Waals surface area contributed by atoms with E-state index in [9.17, 15) is 0 Å². The Morgan fingerprint density at radius 1 is 0.846 bits per heavy atom. The van der Waals surface area contributed by atoms with E-state index < -0.39 is 0 Å². The van der Waals surface area contributed by atoms with Gasteiger partial charge < -0.3 is 4.74 Å². The molecule has 6 bridgehead atoms. The van der Waals surface area contributed by atoms with Crippen LogP contribution in [0.5, 0.6) is 0 Å². The molecule has 7 rings (SSSR count). The maximum atomic E-state index is 5.92. The van der Waals surface area contributed by atoms with Crippen LogP contribution in [0, 0.1) is 47.3 Å². The Balaban J connectivity index is 1.78. The molecule has 1 heterocycles. The first-order chi connectivity index (χ1) is 6.42. The van der Waals surface area contributed by atoms with Gasteiger partial charge in [0.25, 0.3) is 0 Å². The number of hydrogen-bond donors (Lipinski definition) is 0. The summed E-state index contributed by atoms with van der Waals surface area (Å²) in [5.41, 5.74) is 0.505. The molecule has 1 nitrogen and oxygen atoms in total. The van der Waals surface area contributed by atoms with Crippen LogP contribution in [0.15, 0.2) is 0 Å². The van der Waals surface area contributed by atoms with Crippen LogP contribution in [0.1, 0.15) is 12.8 Å². The Kier molecular flexibility index (Phi) is 0.551. The van der Waals surface area contributed by atoms with Crippen molar-refractivity contribution in [3.63, 3.8) is 0 Å². The van der Waals surface area contributed by atoms with Gasteiger partial charge in [-0.1, -0.05) is 0 Å². The van der Waals surface area contributed by atoms with E-state index >= 15 is 0 Å². The first kappa shape index (κ1) is 5.75. The fourth-order valence-corrected chi connectivity index (χ4v) is 7.29. The van der Waals surface area contributed by atoms with Crippen molar-refractivity contribution in [2.45, 2.75) is 18.4 Å². The van der Waals surface area contributed by atoms with E-state index in [1.54, 1.807) is 12.8 Å². The molecule has 7 fully saturated rings. The van der Waals surface area contributed by atoms with Crippen molar-refractivity contribution in [1.82, 2.24) is 0 Å². The molecule has 0 aromatic rings. The van der Waals surface area contributed by atoms with E-state index in [1.165, 1.54) is 11.8 Å². The lowest BCUT2D eigenvalue weighted by Crippen LogP contribution is -2.30. The minimum absolute atomic E-state index is 0.505. The highest BCUT2D eigenvalue weighted by molar-refractivity contribution is 5.35. The third-order valence-electron chi connectivity index (χ3n) is 6.97. The van der Waals surface area contributed by atoms with E-state index in [2.05, 4.69) is 0 Å². The minimum atomic E-state index is 0.505. The first-order valence-electron chi connectivity index (χ1n) is 6.06. The number of ether oxygens (including phenoxy) is 1. The second-order valence-electron chi connectivity index (χ2n) is 6.58. The molecule has 13 heavy (non-hydrogen) atoms. The summed E-state index contributed by atoms with van der Waals surface area (Å²) in [6.07, 6.45) is 3.23. The summed E-state index contributed by atoms with van der Waals surface area (Å²) in [4.78, 5) is 0. The average Bonchev–Trinajstić information content (AvgIpc) is 2.43. The van der Waals surface area contributed by atoms with Gasteiger partial charge in [0.15, 0.2) is 0 Å². The Bertz CT molecular complexity index is 315. The number of hydrogen-bond acceptors (Lipinski definition) is 1. The van der Waals surface area contributed by atoms with E-state index in [-0.39, 0.29) is 0 Å². The Morgan fingerprint density at radius 2 is 1.38 bits per heavy atom. The van der Waals surface area contributed by atoms with Gasteiger partial charge in [0.05, 0.1) is 12.2 Å². The van der Waals surface area contributed by atoms with Gasteiger partial charge in [-0.3, -0.25) is 0 Å². The summed E-state index contributed by atoms with van der Waals surface area (Å²) in [5, 5.41) is 0. The molecule has 9 atom stereocenters. The van der Waals surface area contributed by atoms with Gasteiger partial charge in [-0.2, -0.15) is 0 Å². The summed E-state index contributed by atoms with van der Waals surface area (Å²) in [5.74, 6) is 9.11. The molecular formula is C12H14O. The molecule has 7 aliphatic rings. The fourth-order valence-electron chi connectivity index (χ4n) is 7.29. The molecule has 1 aliphatic heterocycles. The average molecular weight is 174 g/mol. The van der Waals surface area contributed by atoms with Crippen molar-refractivity contribution in [1.29, 1.82) is 0 Å². The van der Waals surface area contributed by atoms with Gasteiger partial charge >= 0.3 is 0 Å². The highest BCUT2D eigenvalue weighted by Gasteiger charge is 2.88. The molecule has 6 saturated carbocycles. The lowest BCUT2D eigenvalue weighted by atomic mass is 9.71. The summed E-state index contributed by atoms with van der Waals surface area (Å²) in [6, 6.07) is 0. The lowest BCUT2D eigenvalue weighted by molar-refractivity contribution is 0.132. The predicted molar refractivity (Wildman–Crippen MR) is 45.8 cm³/mol. The number of epoxide rings is 1. The molecule has 0 amide bonds. The maximum Gasteiger partial charge on any atom is 0.0983 e. The van der Waals surface area contributed by atoms with Crippen LogP contribution in [0.4, 0.5) is 0 Å². The maximum absolute atomic E-state index is 5.92. The van der Waals surface area contributed by atoms with Gasteiger partial charge in [-0.25, -0.2) is 0 Å². The topological polar surface area (TPSA) is 12.5 Å². The van der Waals surface area contributed by atoms with Crippen LogP contribution < -0.4 is 0 Å². The third kappa shape index (κ3) is 0.319. The molecule has 0 aromatic carbocycles. The summed E-state index contributed by atoms with van der Waals surface area (Å²) < 4.78 is 5.92. The zero-order valence-electron chi connectivity index (χ0n) is 7.65. The van der Waals surface area contributed by atoms with Crippen LogP contribution in [-0.2, 0) is 4.74 Å². The van der Waals surface area contributed by atoms with Crippen molar-refractivity contribution in [2.24, 2.45) is 47.3 Å². The largest absolute Gasteiger partial charge is 0.369 e.